The van der Waals surface area contributed by atoms with E-state index in [0.717, 1.165) is 6.26 Å². The minimum atomic E-state index is -4.08. The molecular weight excluding hydrogens is 482 g/mol. The molecule has 1 amide bonds. The fraction of sp³-hybridized carbons (Fsp3) is 0.0385. The Bertz CT molecular complexity index is 1630. The minimum Gasteiger partial charge on any atom is -0.507 e. The van der Waals surface area contributed by atoms with Crippen LogP contribution in [-0.4, -0.2) is 37.5 Å². The highest BCUT2D eigenvalue weighted by molar-refractivity contribution is 7.86. The van der Waals surface area contributed by atoms with Gasteiger partial charge in [-0.2, -0.15) is 8.42 Å². The third-order valence-electron chi connectivity index (χ3n) is 5.36. The van der Waals surface area contributed by atoms with Crippen molar-refractivity contribution in [3.05, 3.63) is 95.6 Å². The van der Waals surface area contributed by atoms with Gasteiger partial charge in [0, 0.05) is 22.2 Å². The predicted molar refractivity (Wildman–Crippen MR) is 137 cm³/mol. The number of phenols is 1. The van der Waals surface area contributed by atoms with Gasteiger partial charge in [0.2, 0.25) is 0 Å². The molecule has 0 aliphatic rings. The van der Waals surface area contributed by atoms with Crippen molar-refractivity contribution in [3.63, 3.8) is 0 Å². The van der Waals surface area contributed by atoms with Crippen molar-refractivity contribution in [2.75, 3.05) is 11.6 Å². The van der Waals surface area contributed by atoms with Crippen molar-refractivity contribution in [1.82, 2.24) is 0 Å². The van der Waals surface area contributed by atoms with Gasteiger partial charge in [-0.3, -0.25) is 10.2 Å². The summed E-state index contributed by atoms with van der Waals surface area (Å²) in [6.07, 6.45) is 0.762. The lowest BCUT2D eigenvalue weighted by molar-refractivity contribution is 0.0748. The average Bonchev–Trinajstić information content (AvgIpc) is 2.83. The number of amidine groups is 1. The minimum absolute atomic E-state index is 0.0308. The molecule has 0 aliphatic heterocycles. The number of anilines is 1. The van der Waals surface area contributed by atoms with Crippen LogP contribution in [0.2, 0.25) is 0 Å². The first kappa shape index (κ1) is 24.4. The van der Waals surface area contributed by atoms with Gasteiger partial charge in [0.1, 0.15) is 11.6 Å². The van der Waals surface area contributed by atoms with E-state index in [1.807, 2.05) is 0 Å². The van der Waals surface area contributed by atoms with Crippen LogP contribution < -0.4 is 11.1 Å². The third kappa shape index (κ3) is 5.18. The normalized spacial score (nSPS) is 11.1. The summed E-state index contributed by atoms with van der Waals surface area (Å²) < 4.78 is 27.7. The molecule has 0 bridgehead atoms. The van der Waals surface area contributed by atoms with Gasteiger partial charge in [-0.25, -0.2) is 4.79 Å². The fourth-order valence-corrected chi connectivity index (χ4v) is 4.09. The van der Waals surface area contributed by atoms with Crippen molar-refractivity contribution in [3.8, 4) is 16.9 Å². The Morgan fingerprint density at radius 3 is 2.28 bits per heavy atom. The first-order valence-electron chi connectivity index (χ1n) is 10.6. The summed E-state index contributed by atoms with van der Waals surface area (Å²) in [5.74, 6) is -1.76. The Labute approximate surface area is 206 Å². The molecule has 0 saturated heterocycles. The number of phenolic OH excluding ortho intramolecular Hbond substituents is 1. The van der Waals surface area contributed by atoms with E-state index in [0.29, 0.717) is 22.0 Å². The zero-order valence-corrected chi connectivity index (χ0v) is 19.8. The molecule has 0 spiro atoms. The molecule has 0 heterocycles. The Kier molecular flexibility index (Phi) is 6.45. The molecule has 4 aromatic rings. The quantitative estimate of drug-likeness (QED) is 0.176. The number of amides is 1. The number of hydrogen-bond donors (Lipinski definition) is 4. The van der Waals surface area contributed by atoms with E-state index in [9.17, 15) is 23.1 Å². The fourth-order valence-electron chi connectivity index (χ4n) is 3.73. The molecule has 0 aliphatic carbocycles. The Morgan fingerprint density at radius 1 is 0.917 bits per heavy atom. The molecule has 0 fully saturated rings. The number of carbonyl (C=O) groups excluding carboxylic acids is 2. The second kappa shape index (κ2) is 9.51. The summed E-state index contributed by atoms with van der Waals surface area (Å²) in [6, 6.07) is 20.5. The molecule has 36 heavy (non-hydrogen) atoms. The van der Waals surface area contributed by atoms with E-state index in [-0.39, 0.29) is 33.8 Å². The van der Waals surface area contributed by atoms with Crippen molar-refractivity contribution in [2.45, 2.75) is 0 Å². The van der Waals surface area contributed by atoms with Gasteiger partial charge in [0.05, 0.1) is 11.8 Å². The molecule has 4 rings (SSSR count). The monoisotopic (exact) mass is 503 g/mol. The lowest BCUT2D eigenvalue weighted by Crippen LogP contribution is -2.16. The van der Waals surface area contributed by atoms with Gasteiger partial charge in [-0.15, -0.1) is 0 Å². The summed E-state index contributed by atoms with van der Waals surface area (Å²) in [7, 11) is -4.08. The van der Waals surface area contributed by atoms with Crippen LogP contribution in [0.5, 0.6) is 5.75 Å². The molecule has 0 radical (unpaired) electrons. The van der Waals surface area contributed by atoms with Crippen molar-refractivity contribution in [2.24, 2.45) is 5.73 Å². The van der Waals surface area contributed by atoms with Gasteiger partial charge in [-0.1, -0.05) is 30.3 Å². The van der Waals surface area contributed by atoms with Crippen molar-refractivity contribution >= 4 is 44.3 Å². The van der Waals surface area contributed by atoms with Crippen molar-refractivity contribution in [1.29, 1.82) is 5.41 Å². The number of rotatable bonds is 6. The zero-order valence-electron chi connectivity index (χ0n) is 19.0. The molecule has 5 N–H and O–H groups in total. The van der Waals surface area contributed by atoms with Crippen molar-refractivity contribution < 1.29 is 27.3 Å². The largest absolute Gasteiger partial charge is 0.507 e. The lowest BCUT2D eigenvalue weighted by Gasteiger charge is -2.15. The second-order valence-corrected chi connectivity index (χ2v) is 9.54. The Morgan fingerprint density at radius 2 is 1.61 bits per heavy atom. The molecule has 0 atom stereocenters. The smallest absolute Gasteiger partial charge is 0.354 e. The third-order valence-corrected chi connectivity index (χ3v) is 5.81. The highest BCUT2D eigenvalue weighted by Crippen LogP contribution is 2.35. The SMILES string of the molecule is CS(=O)(=O)OC(=O)c1ccccc1-c1cc2c(O)cccc2cc1C(=O)Nc1ccc(C(=N)N)cc1. The standard InChI is InChI=1S/C26H21N3O6S/c1-36(33,34)35-26(32)19-7-3-2-6-18(19)21-14-20-16(5-4-8-23(20)30)13-22(21)25(31)29-17-11-9-15(10-12-17)24(27)28/h2-14,30H,1H3,(H3,27,28)(H,29,31). The second-order valence-electron chi connectivity index (χ2n) is 7.96. The van der Waals surface area contributed by atoms with E-state index in [1.54, 1.807) is 60.7 Å². The van der Waals surface area contributed by atoms with Crippen LogP contribution in [0.4, 0.5) is 5.69 Å². The highest BCUT2D eigenvalue weighted by Gasteiger charge is 2.23. The van der Waals surface area contributed by atoms with Gasteiger partial charge in [0.15, 0.2) is 0 Å². The van der Waals surface area contributed by atoms with E-state index >= 15 is 0 Å². The average molecular weight is 504 g/mol. The molecule has 4 aromatic carbocycles. The Balaban J connectivity index is 1.86. The zero-order chi connectivity index (χ0) is 26.0. The topological polar surface area (TPSA) is 160 Å². The molecule has 182 valence electrons. The Hall–Kier alpha value is -4.70. The van der Waals surface area contributed by atoms with Crippen LogP contribution in [0.3, 0.4) is 0 Å². The van der Waals surface area contributed by atoms with Crippen LogP contribution in [0.25, 0.3) is 21.9 Å². The number of hydrogen-bond acceptors (Lipinski definition) is 7. The summed E-state index contributed by atoms with van der Waals surface area (Å²) in [4.78, 5) is 26.1. The van der Waals surface area contributed by atoms with Crippen LogP contribution in [0.1, 0.15) is 26.3 Å². The summed E-state index contributed by atoms with van der Waals surface area (Å²) in [5, 5.41) is 21.7. The number of benzene rings is 4. The summed E-state index contributed by atoms with van der Waals surface area (Å²) in [5.41, 5.74) is 7.04. The van der Waals surface area contributed by atoms with E-state index in [2.05, 4.69) is 9.50 Å². The van der Waals surface area contributed by atoms with Gasteiger partial charge in [0.25, 0.3) is 5.91 Å². The van der Waals surface area contributed by atoms with Crippen LogP contribution in [0.15, 0.2) is 78.9 Å². The molecule has 9 nitrogen and oxygen atoms in total. The molecule has 10 heteroatoms. The molecule has 0 aromatic heterocycles. The number of fused-ring (bicyclic) bond motifs is 1. The number of nitrogens with one attached hydrogen (secondary N) is 2. The number of nitrogen functional groups attached to an aromatic ring is 1. The van der Waals surface area contributed by atoms with E-state index in [4.69, 9.17) is 11.1 Å². The first-order chi connectivity index (χ1) is 17.0. The van der Waals surface area contributed by atoms with Crippen LogP contribution >= 0.6 is 0 Å². The van der Waals surface area contributed by atoms with Gasteiger partial charge >= 0.3 is 16.1 Å². The summed E-state index contributed by atoms with van der Waals surface area (Å²) in [6.45, 7) is 0. The number of aromatic hydroxyl groups is 1. The van der Waals surface area contributed by atoms with Gasteiger partial charge in [-0.05, 0) is 65.0 Å². The molecule has 0 unspecified atom stereocenters. The maximum Gasteiger partial charge on any atom is 0.354 e. The highest BCUT2D eigenvalue weighted by atomic mass is 32.2. The molecular formula is C26H21N3O6S. The predicted octanol–water partition coefficient (Wildman–Crippen LogP) is 3.87. The van der Waals surface area contributed by atoms with Crippen LogP contribution in [-0.2, 0) is 14.3 Å². The maximum absolute atomic E-state index is 13.4. The van der Waals surface area contributed by atoms with Gasteiger partial charge < -0.3 is 20.3 Å². The first-order valence-corrected chi connectivity index (χ1v) is 12.4. The molecule has 0 saturated carbocycles. The van der Waals surface area contributed by atoms with E-state index in [1.165, 1.54) is 18.2 Å². The number of nitrogens with two attached hydrogens (primary N) is 1. The summed E-state index contributed by atoms with van der Waals surface area (Å²) >= 11 is 0. The van der Waals surface area contributed by atoms with Crippen LogP contribution in [0, 0.1) is 5.41 Å². The maximum atomic E-state index is 13.4. The van der Waals surface area contributed by atoms with E-state index < -0.39 is 22.0 Å². The lowest BCUT2D eigenvalue weighted by atomic mass is 9.92. The number of carbonyl (C=O) groups is 2.